The molecule has 1 heterocycles. The molecule has 0 saturated carbocycles. The van der Waals surface area contributed by atoms with Gasteiger partial charge in [-0.05, 0) is 36.8 Å². The summed E-state index contributed by atoms with van der Waals surface area (Å²) in [5.74, 6) is 8.05. The Morgan fingerprint density at radius 1 is 1.10 bits per heavy atom. The third-order valence-electron chi connectivity index (χ3n) is 4.67. The van der Waals surface area contributed by atoms with Gasteiger partial charge in [0.25, 0.3) is 0 Å². The van der Waals surface area contributed by atoms with Gasteiger partial charge in [-0.1, -0.05) is 49.9 Å². The molecule has 31 heavy (non-hydrogen) atoms. The van der Waals surface area contributed by atoms with Crippen LogP contribution in [-0.2, 0) is 10.0 Å². The highest BCUT2D eigenvalue weighted by Crippen LogP contribution is 2.25. The summed E-state index contributed by atoms with van der Waals surface area (Å²) in [6.07, 6.45) is 0. The van der Waals surface area contributed by atoms with Crippen LogP contribution < -0.4 is 10.6 Å². The van der Waals surface area contributed by atoms with Crippen LogP contribution in [0.4, 0.5) is 0 Å². The number of benzene rings is 2. The molecule has 0 unspecified atom stereocenters. The van der Waals surface area contributed by atoms with Crippen molar-refractivity contribution in [1.82, 2.24) is 19.2 Å². The van der Waals surface area contributed by atoms with Crippen molar-refractivity contribution in [3.05, 3.63) is 54.1 Å². The SMILES string of the molecule is CCN(CC)S(=O)(=O)c1cccc(-c2nnc(SCCOc3cccc(C)c3)n2N)c1. The fraction of sp³-hybridized carbons (Fsp3) is 0.333. The Balaban J connectivity index is 1.70. The van der Waals surface area contributed by atoms with Gasteiger partial charge in [0.15, 0.2) is 5.82 Å². The molecule has 3 rings (SSSR count). The fourth-order valence-electron chi connectivity index (χ4n) is 3.08. The molecule has 3 aromatic rings. The van der Waals surface area contributed by atoms with Crippen molar-refractivity contribution in [2.45, 2.75) is 30.8 Å². The van der Waals surface area contributed by atoms with E-state index in [1.165, 1.54) is 20.7 Å². The molecule has 0 radical (unpaired) electrons. The average molecular weight is 462 g/mol. The minimum Gasteiger partial charge on any atom is -0.493 e. The normalized spacial score (nSPS) is 11.7. The maximum absolute atomic E-state index is 12.8. The second-order valence-corrected chi connectivity index (χ2v) is 9.81. The predicted molar refractivity (Wildman–Crippen MR) is 123 cm³/mol. The second kappa shape index (κ2) is 10.2. The quantitative estimate of drug-likeness (QED) is 0.281. The van der Waals surface area contributed by atoms with Crippen LogP contribution in [0.3, 0.4) is 0 Å². The predicted octanol–water partition coefficient (Wildman–Crippen LogP) is 3.17. The number of nitrogen functional groups attached to an aromatic ring is 1. The van der Waals surface area contributed by atoms with Gasteiger partial charge in [0, 0.05) is 24.4 Å². The van der Waals surface area contributed by atoms with Gasteiger partial charge in [-0.2, -0.15) is 4.31 Å². The maximum Gasteiger partial charge on any atom is 0.243 e. The number of aromatic nitrogens is 3. The van der Waals surface area contributed by atoms with Crippen LogP contribution in [0.15, 0.2) is 58.6 Å². The Labute approximate surface area is 187 Å². The van der Waals surface area contributed by atoms with Crippen LogP contribution in [0.5, 0.6) is 5.75 Å². The van der Waals surface area contributed by atoms with Gasteiger partial charge in [-0.15, -0.1) is 10.2 Å². The van der Waals surface area contributed by atoms with Crippen molar-refractivity contribution in [3.8, 4) is 17.1 Å². The molecule has 166 valence electrons. The zero-order chi connectivity index (χ0) is 22.4. The van der Waals surface area contributed by atoms with Gasteiger partial charge < -0.3 is 10.6 Å². The highest BCUT2D eigenvalue weighted by molar-refractivity contribution is 7.99. The summed E-state index contributed by atoms with van der Waals surface area (Å²) < 4.78 is 34.2. The fourth-order valence-corrected chi connectivity index (χ4v) is 5.26. The molecule has 0 aliphatic rings. The lowest BCUT2D eigenvalue weighted by molar-refractivity contribution is 0.343. The lowest BCUT2D eigenvalue weighted by Gasteiger charge is -2.18. The van der Waals surface area contributed by atoms with Crippen molar-refractivity contribution in [3.63, 3.8) is 0 Å². The van der Waals surface area contributed by atoms with E-state index in [1.807, 2.05) is 45.0 Å². The summed E-state index contributed by atoms with van der Waals surface area (Å²) in [4.78, 5) is 0.206. The molecular formula is C21H27N5O3S2. The number of hydrogen-bond acceptors (Lipinski definition) is 7. The number of aryl methyl sites for hydroxylation is 1. The number of sulfonamides is 1. The minimum absolute atomic E-state index is 0.206. The number of thioether (sulfide) groups is 1. The number of nitrogens with zero attached hydrogens (tertiary/aromatic N) is 4. The van der Waals surface area contributed by atoms with Crippen LogP contribution in [0.25, 0.3) is 11.4 Å². The molecule has 0 saturated heterocycles. The van der Waals surface area contributed by atoms with Crippen LogP contribution >= 0.6 is 11.8 Å². The van der Waals surface area contributed by atoms with Gasteiger partial charge in [0.2, 0.25) is 15.2 Å². The molecule has 2 aromatic carbocycles. The molecule has 2 N–H and O–H groups in total. The molecular weight excluding hydrogens is 434 g/mol. The number of hydrogen-bond donors (Lipinski definition) is 1. The van der Waals surface area contributed by atoms with Crippen molar-refractivity contribution < 1.29 is 13.2 Å². The Kier molecular flexibility index (Phi) is 7.58. The largest absolute Gasteiger partial charge is 0.493 e. The lowest BCUT2D eigenvalue weighted by Crippen LogP contribution is -2.30. The number of rotatable bonds is 10. The first kappa shape index (κ1) is 23.1. The first-order valence-corrected chi connectivity index (χ1v) is 12.4. The van der Waals surface area contributed by atoms with Crippen LogP contribution in [0.2, 0.25) is 0 Å². The van der Waals surface area contributed by atoms with E-state index in [4.69, 9.17) is 10.6 Å². The average Bonchev–Trinajstić information content (AvgIpc) is 3.12. The van der Waals surface area contributed by atoms with E-state index < -0.39 is 10.0 Å². The van der Waals surface area contributed by atoms with Gasteiger partial charge in [0.05, 0.1) is 11.5 Å². The summed E-state index contributed by atoms with van der Waals surface area (Å²) >= 11 is 1.42. The third kappa shape index (κ3) is 5.38. The smallest absolute Gasteiger partial charge is 0.243 e. The van der Waals surface area contributed by atoms with Crippen LogP contribution in [0.1, 0.15) is 19.4 Å². The number of ether oxygens (including phenoxy) is 1. The van der Waals surface area contributed by atoms with Crippen molar-refractivity contribution >= 4 is 21.8 Å². The summed E-state index contributed by atoms with van der Waals surface area (Å²) in [5.41, 5.74) is 1.73. The molecule has 0 fully saturated rings. The Morgan fingerprint density at radius 2 is 1.84 bits per heavy atom. The highest BCUT2D eigenvalue weighted by Gasteiger charge is 2.23. The van der Waals surface area contributed by atoms with Crippen molar-refractivity contribution in [1.29, 1.82) is 0 Å². The van der Waals surface area contributed by atoms with Crippen molar-refractivity contribution in [2.75, 3.05) is 31.3 Å². The van der Waals surface area contributed by atoms with Gasteiger partial charge in [0.1, 0.15) is 5.75 Å². The maximum atomic E-state index is 12.8. The van der Waals surface area contributed by atoms with E-state index in [-0.39, 0.29) is 4.90 Å². The third-order valence-corrected chi connectivity index (χ3v) is 7.63. The van der Waals surface area contributed by atoms with E-state index in [2.05, 4.69) is 10.2 Å². The molecule has 0 spiro atoms. The lowest BCUT2D eigenvalue weighted by atomic mass is 10.2. The first-order chi connectivity index (χ1) is 14.9. The molecule has 1 aromatic heterocycles. The number of nitrogens with two attached hydrogens (primary N) is 1. The molecule has 0 bridgehead atoms. The first-order valence-electron chi connectivity index (χ1n) is 10.00. The minimum atomic E-state index is -3.57. The van der Waals surface area contributed by atoms with E-state index >= 15 is 0 Å². The monoisotopic (exact) mass is 461 g/mol. The topological polar surface area (TPSA) is 103 Å². The summed E-state index contributed by atoms with van der Waals surface area (Å²) in [6, 6.07) is 14.5. The zero-order valence-electron chi connectivity index (χ0n) is 17.9. The van der Waals surface area contributed by atoms with Gasteiger partial charge in [-0.25, -0.2) is 13.1 Å². The van der Waals surface area contributed by atoms with E-state index in [0.717, 1.165) is 11.3 Å². The molecule has 0 aliphatic carbocycles. The molecule has 0 atom stereocenters. The van der Waals surface area contributed by atoms with E-state index in [0.29, 0.717) is 42.0 Å². The summed E-state index contributed by atoms with van der Waals surface area (Å²) in [6.45, 7) is 6.94. The van der Waals surface area contributed by atoms with Crippen LogP contribution in [-0.4, -0.2) is 53.0 Å². The van der Waals surface area contributed by atoms with Crippen molar-refractivity contribution in [2.24, 2.45) is 0 Å². The molecule has 0 amide bonds. The molecule has 8 nitrogen and oxygen atoms in total. The van der Waals surface area contributed by atoms with Gasteiger partial charge in [-0.3, -0.25) is 0 Å². The standard InChI is InChI=1S/C21H27N5O3S2/c1-4-25(5-2)31(27,28)19-11-7-9-17(15-19)20-23-24-21(26(20)22)30-13-12-29-18-10-6-8-16(3)14-18/h6-11,14-15H,4-5,12-13,22H2,1-3H3. The van der Waals surface area contributed by atoms with E-state index in [1.54, 1.807) is 24.3 Å². The Hall–Kier alpha value is -2.56. The van der Waals surface area contributed by atoms with E-state index in [9.17, 15) is 8.42 Å². The summed E-state index contributed by atoms with van der Waals surface area (Å²) in [5, 5.41) is 8.83. The summed E-state index contributed by atoms with van der Waals surface area (Å²) in [7, 11) is -3.57. The Bertz CT molecular complexity index is 1130. The molecule has 0 aliphatic heterocycles. The second-order valence-electron chi connectivity index (χ2n) is 6.81. The highest BCUT2D eigenvalue weighted by atomic mass is 32.2. The Morgan fingerprint density at radius 3 is 2.55 bits per heavy atom. The van der Waals surface area contributed by atoms with Gasteiger partial charge >= 0.3 is 0 Å². The molecule has 10 heteroatoms. The van der Waals surface area contributed by atoms with Crippen LogP contribution in [0, 0.1) is 6.92 Å². The zero-order valence-corrected chi connectivity index (χ0v) is 19.5.